The molecule has 0 aliphatic rings. The van der Waals surface area contributed by atoms with Gasteiger partial charge in [0, 0.05) is 23.8 Å². The van der Waals surface area contributed by atoms with Gasteiger partial charge in [-0.3, -0.25) is 0 Å². The molecule has 0 fully saturated rings. The Kier molecular flexibility index (Phi) is 14.4. The molecule has 0 aliphatic heterocycles. The summed E-state index contributed by atoms with van der Waals surface area (Å²) in [6.45, 7) is 2.10. The predicted octanol–water partition coefficient (Wildman–Crippen LogP) is 11.1. The van der Waals surface area contributed by atoms with Crippen LogP contribution in [0.15, 0.2) is 176 Å². The van der Waals surface area contributed by atoms with Crippen LogP contribution >= 0.6 is 0 Å². The van der Waals surface area contributed by atoms with Crippen molar-refractivity contribution in [2.45, 2.75) is 39.6 Å². The highest BCUT2D eigenvalue weighted by atomic mass is 16.5. The van der Waals surface area contributed by atoms with Crippen LogP contribution in [0.4, 0.5) is 0 Å². The molecule has 0 spiro atoms. The van der Waals surface area contributed by atoms with Crippen LogP contribution in [0, 0.1) is 36.0 Å². The molecule has 0 saturated heterocycles. The van der Waals surface area contributed by atoms with Gasteiger partial charge in [-0.1, -0.05) is 127 Å². The van der Waals surface area contributed by atoms with Gasteiger partial charge < -0.3 is 28.4 Å². The molecule has 0 amide bonds. The molecule has 294 valence electrons. The second-order valence-corrected chi connectivity index (χ2v) is 13.6. The average Bonchev–Trinajstić information content (AvgIpc) is 3.30. The number of ether oxygens (including phenoxy) is 6. The van der Waals surface area contributed by atoms with Gasteiger partial charge in [-0.2, -0.15) is 0 Å². The molecule has 0 heterocycles. The fourth-order valence-electron chi connectivity index (χ4n) is 6.04. The molecule has 0 saturated carbocycles. The molecule has 0 radical (unpaired) electrons. The van der Waals surface area contributed by atoms with Crippen LogP contribution in [0.2, 0.25) is 0 Å². The van der Waals surface area contributed by atoms with E-state index in [9.17, 15) is 0 Å². The van der Waals surface area contributed by atoms with Gasteiger partial charge in [0.25, 0.3) is 0 Å². The van der Waals surface area contributed by atoms with E-state index in [0.29, 0.717) is 66.5 Å². The van der Waals surface area contributed by atoms with E-state index in [1.165, 1.54) is 0 Å². The zero-order chi connectivity index (χ0) is 41.0. The molecule has 0 N–H and O–H groups in total. The molecule has 0 aliphatic carbocycles. The minimum Gasteiger partial charge on any atom is -0.489 e. The molecular weight excluding hydrogens is 745 g/mol. The van der Waals surface area contributed by atoms with Crippen LogP contribution < -0.4 is 28.4 Å². The average molecular weight is 787 g/mol. The Labute approximate surface area is 352 Å². The predicted molar refractivity (Wildman–Crippen MR) is 235 cm³/mol. The Bertz CT molecular complexity index is 2330. The molecule has 0 unspecified atom stereocenters. The van der Waals surface area contributed by atoms with Gasteiger partial charge in [0.1, 0.15) is 74.1 Å². The minimum atomic E-state index is 0.223. The molecular formula is C54H42O6. The summed E-state index contributed by atoms with van der Waals surface area (Å²) in [5.74, 6) is 17.2. The van der Waals surface area contributed by atoms with Gasteiger partial charge in [-0.05, 0) is 93.5 Å². The highest BCUT2D eigenvalue weighted by Gasteiger charge is 2.10. The first kappa shape index (κ1) is 40.2. The van der Waals surface area contributed by atoms with Crippen LogP contribution in [0.1, 0.15) is 38.9 Å². The second-order valence-electron chi connectivity index (χ2n) is 13.6. The number of hydrogen-bond donors (Lipinski definition) is 0. The lowest BCUT2D eigenvalue weighted by Crippen LogP contribution is -2.03. The van der Waals surface area contributed by atoms with Crippen LogP contribution in [0.3, 0.4) is 0 Å². The zero-order valence-electron chi connectivity index (χ0n) is 33.0. The van der Waals surface area contributed by atoms with Crippen molar-refractivity contribution in [2.24, 2.45) is 0 Å². The van der Waals surface area contributed by atoms with Crippen LogP contribution in [0.25, 0.3) is 0 Å². The number of rotatable bonds is 18. The van der Waals surface area contributed by atoms with E-state index in [-0.39, 0.29) is 13.2 Å². The molecule has 7 aromatic carbocycles. The van der Waals surface area contributed by atoms with Crippen molar-refractivity contribution in [3.8, 4) is 70.5 Å². The SMILES string of the molecule is C#CC#CC#Cc1cc(OCc2cc(OCc3ccccc3)cc(OCc3ccccc3)c2)cc(OCc2cc(OCc3ccccc3)cc(OCc3ccccc3)c2)c1. The summed E-state index contributed by atoms with van der Waals surface area (Å²) in [5.41, 5.74) is 6.61. The van der Waals surface area contributed by atoms with Crippen molar-refractivity contribution in [2.75, 3.05) is 0 Å². The quantitative estimate of drug-likeness (QED) is 0.0808. The van der Waals surface area contributed by atoms with Crippen molar-refractivity contribution < 1.29 is 28.4 Å². The van der Waals surface area contributed by atoms with Gasteiger partial charge in [-0.15, -0.1) is 6.42 Å². The van der Waals surface area contributed by atoms with Crippen molar-refractivity contribution in [1.82, 2.24) is 0 Å². The van der Waals surface area contributed by atoms with E-state index in [2.05, 4.69) is 29.6 Å². The first-order valence-electron chi connectivity index (χ1n) is 19.5. The van der Waals surface area contributed by atoms with Crippen molar-refractivity contribution in [3.63, 3.8) is 0 Å². The Balaban J connectivity index is 1.10. The summed E-state index contributed by atoms with van der Waals surface area (Å²) in [6.07, 6.45) is 5.32. The van der Waals surface area contributed by atoms with Crippen molar-refractivity contribution >= 4 is 0 Å². The first-order valence-corrected chi connectivity index (χ1v) is 19.5. The second kappa shape index (κ2) is 21.5. The summed E-state index contributed by atoms with van der Waals surface area (Å²) in [6, 6.07) is 57.3. The minimum absolute atomic E-state index is 0.223. The molecule has 7 rings (SSSR count). The van der Waals surface area contributed by atoms with Gasteiger partial charge in [0.05, 0.1) is 0 Å². The maximum Gasteiger partial charge on any atom is 0.124 e. The summed E-state index contributed by atoms with van der Waals surface area (Å²) in [7, 11) is 0. The Morgan fingerprint density at radius 1 is 0.300 bits per heavy atom. The van der Waals surface area contributed by atoms with E-state index >= 15 is 0 Å². The molecule has 7 aromatic rings. The maximum atomic E-state index is 6.41. The van der Waals surface area contributed by atoms with Gasteiger partial charge in [0.2, 0.25) is 0 Å². The van der Waals surface area contributed by atoms with Crippen molar-refractivity contribution in [1.29, 1.82) is 0 Å². The van der Waals surface area contributed by atoms with E-state index in [1.54, 1.807) is 0 Å². The van der Waals surface area contributed by atoms with E-state index < -0.39 is 0 Å². The summed E-state index contributed by atoms with van der Waals surface area (Å²) < 4.78 is 37.7. The lowest BCUT2D eigenvalue weighted by atomic mass is 10.1. The molecule has 0 bridgehead atoms. The van der Waals surface area contributed by atoms with E-state index in [4.69, 9.17) is 34.8 Å². The standard InChI is InChI=1S/C54H42O6/c1-2-3-4-9-26-46-27-49(59-40-47-29-51(55-36-42-18-10-5-11-19-42)34-52(30-47)56-37-43-20-12-6-13-21-43)33-50(28-46)60-41-48-31-53(57-38-44-22-14-7-15-23-44)35-54(32-48)58-39-45-24-16-8-17-25-45/h1,5-8,10-25,27-35H,36-41H2. The van der Waals surface area contributed by atoms with E-state index in [0.717, 1.165) is 33.4 Å². The lowest BCUT2D eigenvalue weighted by Gasteiger charge is -2.15. The van der Waals surface area contributed by atoms with Crippen LogP contribution in [-0.2, 0) is 39.6 Å². The number of terminal acetylenes is 1. The highest BCUT2D eigenvalue weighted by Crippen LogP contribution is 2.30. The largest absolute Gasteiger partial charge is 0.489 e. The Morgan fingerprint density at radius 2 is 0.583 bits per heavy atom. The summed E-state index contributed by atoms with van der Waals surface area (Å²) in [4.78, 5) is 0. The maximum absolute atomic E-state index is 6.41. The fourth-order valence-corrected chi connectivity index (χ4v) is 6.04. The summed E-state index contributed by atoms with van der Waals surface area (Å²) >= 11 is 0. The number of benzene rings is 7. The molecule has 0 aromatic heterocycles. The third-order valence-corrected chi connectivity index (χ3v) is 8.97. The van der Waals surface area contributed by atoms with Crippen LogP contribution in [-0.4, -0.2) is 0 Å². The first-order chi connectivity index (χ1) is 29.6. The highest BCUT2D eigenvalue weighted by molar-refractivity contribution is 5.49. The van der Waals surface area contributed by atoms with Gasteiger partial charge in [-0.25, -0.2) is 0 Å². The monoisotopic (exact) mass is 786 g/mol. The van der Waals surface area contributed by atoms with Gasteiger partial charge >= 0.3 is 0 Å². The molecule has 6 heteroatoms. The topological polar surface area (TPSA) is 55.4 Å². The zero-order valence-corrected chi connectivity index (χ0v) is 33.0. The molecule has 0 atom stereocenters. The molecule has 60 heavy (non-hydrogen) atoms. The smallest absolute Gasteiger partial charge is 0.124 e. The molecule has 6 nitrogen and oxygen atoms in total. The van der Waals surface area contributed by atoms with E-state index in [1.807, 2.05) is 176 Å². The summed E-state index contributed by atoms with van der Waals surface area (Å²) in [5, 5.41) is 0. The lowest BCUT2D eigenvalue weighted by molar-refractivity contribution is 0.276. The number of hydrogen-bond acceptors (Lipinski definition) is 6. The van der Waals surface area contributed by atoms with Crippen molar-refractivity contribution in [3.05, 3.63) is 215 Å². The Morgan fingerprint density at radius 3 is 0.883 bits per heavy atom. The normalized spacial score (nSPS) is 10.1. The Hall–Kier alpha value is -7.98. The van der Waals surface area contributed by atoms with Crippen LogP contribution in [0.5, 0.6) is 34.5 Å². The van der Waals surface area contributed by atoms with Gasteiger partial charge in [0.15, 0.2) is 0 Å². The fraction of sp³-hybridized carbons (Fsp3) is 0.111. The third kappa shape index (κ3) is 13.0. The third-order valence-electron chi connectivity index (χ3n) is 8.97.